The molecule has 6 aromatic rings. The number of halogens is 10. The average molecular weight is 774 g/mol. The van der Waals surface area contributed by atoms with Crippen LogP contribution in [-0.4, -0.2) is 67.6 Å². The SMILES string of the molecule is Cn1nc(N)c2ncc(-c3c(F)cccc3OCC(F)(F)F)nc21.NCCCn1nc(N)c2ccc(-c3cccc(F)c3OCC(F)(F)C(F)(F)F)cc21. The Hall–Kier alpha value is -5.86. The molecule has 0 saturated carbocycles. The number of aromatic nitrogens is 6. The third-order valence-electron chi connectivity index (χ3n) is 7.63. The Balaban J connectivity index is 0.000000213. The van der Waals surface area contributed by atoms with Gasteiger partial charge in [-0.25, -0.2) is 23.4 Å². The number of nitrogens with zero attached hydrogens (tertiary/aromatic N) is 6. The van der Waals surface area contributed by atoms with Crippen LogP contribution in [0.5, 0.6) is 11.5 Å². The van der Waals surface area contributed by atoms with Gasteiger partial charge in [0.15, 0.2) is 47.6 Å². The van der Waals surface area contributed by atoms with E-state index in [1.54, 1.807) is 23.9 Å². The molecule has 3 heterocycles. The van der Waals surface area contributed by atoms with Gasteiger partial charge in [-0.1, -0.05) is 24.3 Å². The zero-order chi connectivity index (χ0) is 39.6. The number of benzene rings is 3. The summed E-state index contributed by atoms with van der Waals surface area (Å²) in [6.07, 6.45) is -8.54. The number of nitrogens with two attached hydrogens (primary N) is 3. The van der Waals surface area contributed by atoms with Gasteiger partial charge in [0.25, 0.3) is 0 Å². The van der Waals surface area contributed by atoms with E-state index in [-0.39, 0.29) is 39.9 Å². The fourth-order valence-corrected chi connectivity index (χ4v) is 5.10. The van der Waals surface area contributed by atoms with Gasteiger partial charge in [-0.05, 0) is 48.9 Å². The van der Waals surface area contributed by atoms with Crippen LogP contribution < -0.4 is 26.7 Å². The lowest BCUT2D eigenvalue weighted by Gasteiger charge is -2.21. The molecule has 0 fully saturated rings. The highest BCUT2D eigenvalue weighted by atomic mass is 19.4. The maximum Gasteiger partial charge on any atom is 0.456 e. The Kier molecular flexibility index (Phi) is 11.1. The summed E-state index contributed by atoms with van der Waals surface area (Å²) in [6.45, 7) is -2.72. The van der Waals surface area contributed by atoms with E-state index < -0.39 is 48.9 Å². The largest absolute Gasteiger partial charge is 0.483 e. The van der Waals surface area contributed by atoms with E-state index >= 15 is 0 Å². The third kappa shape index (κ3) is 8.50. The first kappa shape index (κ1) is 39.3. The fourth-order valence-electron chi connectivity index (χ4n) is 5.10. The Morgan fingerprint density at radius 3 is 2.20 bits per heavy atom. The van der Waals surface area contributed by atoms with Crippen LogP contribution in [0, 0.1) is 11.6 Å². The van der Waals surface area contributed by atoms with E-state index in [4.69, 9.17) is 21.9 Å². The lowest BCUT2D eigenvalue weighted by molar-refractivity contribution is -0.290. The summed E-state index contributed by atoms with van der Waals surface area (Å²) in [5.74, 6) is -7.56. The quantitative estimate of drug-likeness (QED) is 0.124. The van der Waals surface area contributed by atoms with E-state index in [9.17, 15) is 43.9 Å². The number of nitrogen functional groups attached to an aromatic ring is 2. The molecular weight excluding hydrogens is 744 g/mol. The predicted octanol–water partition coefficient (Wildman–Crippen LogP) is 7.04. The van der Waals surface area contributed by atoms with E-state index in [1.807, 2.05) is 0 Å². The molecule has 288 valence electrons. The molecule has 0 spiro atoms. The summed E-state index contributed by atoms with van der Waals surface area (Å²) in [6, 6.07) is 11.8. The van der Waals surface area contributed by atoms with Gasteiger partial charge in [-0.2, -0.15) is 45.3 Å². The lowest BCUT2D eigenvalue weighted by atomic mass is 10.0. The van der Waals surface area contributed by atoms with E-state index in [0.29, 0.717) is 41.5 Å². The van der Waals surface area contributed by atoms with Crippen molar-refractivity contribution in [1.82, 2.24) is 29.5 Å². The number of alkyl halides is 8. The fraction of sp³-hybridized carbons (Fsp3) is 0.273. The minimum absolute atomic E-state index is 0.0139. The summed E-state index contributed by atoms with van der Waals surface area (Å²) in [5.41, 5.74) is 18.4. The Morgan fingerprint density at radius 2 is 1.52 bits per heavy atom. The van der Waals surface area contributed by atoms with Crippen molar-refractivity contribution in [2.24, 2.45) is 12.8 Å². The standard InChI is InChI=1S/C19H18F6N4O.C14H11F4N5O/c20-14-4-1-3-12(16(14)30-10-18(21,22)19(23,24)25)11-5-6-13-15(9-11)29(8-2-7-26)28-17(13)27;1-23-13-11(12(19)22-23)20-5-8(21-13)10-7(15)3-2-4-9(10)24-6-14(16,17)18/h1,3-6,9H,2,7-8,10,26H2,(H2,27,28);2-5H,6H2,1H3,(H2,19,22). The highest BCUT2D eigenvalue weighted by molar-refractivity contribution is 5.93. The molecular formula is C33H29F10N9O2. The first-order valence-corrected chi connectivity index (χ1v) is 15.6. The van der Waals surface area contributed by atoms with Crippen molar-refractivity contribution in [2.75, 3.05) is 31.2 Å². The molecule has 6 N–H and O–H groups in total. The number of ether oxygens (including phenoxy) is 2. The van der Waals surface area contributed by atoms with Gasteiger partial charge in [-0.3, -0.25) is 4.68 Å². The summed E-state index contributed by atoms with van der Waals surface area (Å²) in [7, 11) is 1.57. The topological polar surface area (TPSA) is 158 Å². The van der Waals surface area contributed by atoms with Crippen molar-refractivity contribution in [2.45, 2.75) is 31.2 Å². The molecule has 0 aliphatic rings. The van der Waals surface area contributed by atoms with E-state index in [2.05, 4.69) is 24.9 Å². The van der Waals surface area contributed by atoms with Crippen LogP contribution in [0.25, 0.3) is 44.5 Å². The predicted molar refractivity (Wildman–Crippen MR) is 177 cm³/mol. The zero-order valence-corrected chi connectivity index (χ0v) is 27.8. The first-order chi connectivity index (χ1) is 25.3. The van der Waals surface area contributed by atoms with Gasteiger partial charge in [0.05, 0.1) is 23.0 Å². The first-order valence-electron chi connectivity index (χ1n) is 15.6. The number of anilines is 2. The number of hydrogen-bond acceptors (Lipinski definition) is 9. The molecule has 0 saturated heterocycles. The maximum absolute atomic E-state index is 14.3. The zero-order valence-electron chi connectivity index (χ0n) is 27.8. The molecule has 0 bridgehead atoms. The van der Waals surface area contributed by atoms with Crippen molar-refractivity contribution in [3.63, 3.8) is 0 Å². The molecule has 0 atom stereocenters. The number of fused-ring (bicyclic) bond motifs is 2. The van der Waals surface area contributed by atoms with Crippen LogP contribution in [0.15, 0.2) is 60.8 Å². The van der Waals surface area contributed by atoms with Gasteiger partial charge in [-0.15, -0.1) is 0 Å². The smallest absolute Gasteiger partial charge is 0.456 e. The van der Waals surface area contributed by atoms with Crippen molar-refractivity contribution in [1.29, 1.82) is 0 Å². The maximum atomic E-state index is 14.3. The van der Waals surface area contributed by atoms with Gasteiger partial charge < -0.3 is 26.7 Å². The Labute approximate surface area is 298 Å². The molecule has 0 aliphatic heterocycles. The van der Waals surface area contributed by atoms with Crippen LogP contribution in [0.1, 0.15) is 6.42 Å². The second kappa shape index (κ2) is 15.2. The molecule has 21 heteroatoms. The van der Waals surface area contributed by atoms with Crippen molar-refractivity contribution in [3.8, 4) is 33.9 Å². The summed E-state index contributed by atoms with van der Waals surface area (Å²) in [5, 5.41) is 8.75. The summed E-state index contributed by atoms with van der Waals surface area (Å²) < 4.78 is 142. The number of rotatable bonds is 10. The van der Waals surface area contributed by atoms with Crippen LogP contribution in [-0.2, 0) is 13.6 Å². The van der Waals surface area contributed by atoms with E-state index in [0.717, 1.165) is 12.1 Å². The second-order valence-corrected chi connectivity index (χ2v) is 11.5. The Morgan fingerprint density at radius 1 is 0.815 bits per heavy atom. The van der Waals surface area contributed by atoms with Crippen molar-refractivity contribution in [3.05, 3.63) is 72.4 Å². The third-order valence-corrected chi connectivity index (χ3v) is 7.63. The van der Waals surface area contributed by atoms with Gasteiger partial charge in [0, 0.05) is 24.5 Å². The summed E-state index contributed by atoms with van der Waals surface area (Å²) in [4.78, 5) is 8.24. The molecule has 0 aliphatic carbocycles. The minimum Gasteiger partial charge on any atom is -0.483 e. The molecule has 6 rings (SSSR count). The van der Waals surface area contributed by atoms with E-state index in [1.165, 1.54) is 41.2 Å². The second-order valence-electron chi connectivity index (χ2n) is 11.5. The number of aryl methyl sites for hydroxylation is 2. The molecule has 3 aromatic carbocycles. The molecule has 0 unspecified atom stereocenters. The van der Waals surface area contributed by atoms with Gasteiger partial charge in [0.2, 0.25) is 0 Å². The number of hydrogen-bond donors (Lipinski definition) is 3. The molecule has 11 nitrogen and oxygen atoms in total. The highest BCUT2D eigenvalue weighted by Gasteiger charge is 2.58. The highest BCUT2D eigenvalue weighted by Crippen LogP contribution is 2.39. The molecule has 3 aromatic heterocycles. The Bertz CT molecular complexity index is 2270. The lowest BCUT2D eigenvalue weighted by Crippen LogP contribution is -2.41. The average Bonchev–Trinajstić information content (AvgIpc) is 3.57. The molecule has 0 amide bonds. The van der Waals surface area contributed by atoms with Crippen LogP contribution in [0.3, 0.4) is 0 Å². The van der Waals surface area contributed by atoms with Crippen LogP contribution >= 0.6 is 0 Å². The number of para-hydroxylation sites is 1. The normalized spacial score (nSPS) is 12.2. The van der Waals surface area contributed by atoms with Crippen LogP contribution in [0.4, 0.5) is 55.5 Å². The molecule has 54 heavy (non-hydrogen) atoms. The van der Waals surface area contributed by atoms with Crippen molar-refractivity contribution >= 4 is 33.7 Å². The van der Waals surface area contributed by atoms with Crippen molar-refractivity contribution < 1.29 is 53.4 Å². The van der Waals surface area contributed by atoms with Crippen LogP contribution in [0.2, 0.25) is 0 Å². The van der Waals surface area contributed by atoms with Gasteiger partial charge in [0.1, 0.15) is 11.6 Å². The van der Waals surface area contributed by atoms with Gasteiger partial charge >= 0.3 is 18.3 Å². The minimum atomic E-state index is -5.82. The monoisotopic (exact) mass is 773 g/mol. The molecule has 0 radical (unpaired) electrons. The summed E-state index contributed by atoms with van der Waals surface area (Å²) >= 11 is 0.